The number of rotatable bonds is 10. The van der Waals surface area contributed by atoms with E-state index in [1.54, 1.807) is 37.4 Å². The summed E-state index contributed by atoms with van der Waals surface area (Å²) < 4.78 is 16.7. The lowest BCUT2D eigenvalue weighted by Gasteiger charge is -2.27. The molecule has 7 nitrogen and oxygen atoms in total. The molecule has 0 aromatic heterocycles. The molecule has 182 valence electrons. The molecule has 1 aliphatic heterocycles. The molecular weight excluding hydrogens is 458 g/mol. The number of likely N-dealkylation sites (tertiary alicyclic amines) is 1. The van der Waals surface area contributed by atoms with Crippen LogP contribution in [0.1, 0.15) is 44.4 Å². The number of carbonyl (C=O) groups is 2. The molecule has 8 heteroatoms. The normalized spacial score (nSPS) is 17.5. The Hall–Kier alpha value is -3.03. The number of ether oxygens (including phenoxy) is 3. The highest BCUT2D eigenvalue weighted by Gasteiger charge is 2.46. The lowest BCUT2D eigenvalue weighted by atomic mass is 9.94. The van der Waals surface area contributed by atoms with E-state index in [4.69, 9.17) is 25.8 Å². The number of halogens is 1. The number of para-hydroxylation sites is 1. The molecule has 2 aromatic carbocycles. The molecule has 0 radical (unpaired) electrons. The monoisotopic (exact) mass is 487 g/mol. The highest BCUT2D eigenvalue weighted by atomic mass is 35.5. The van der Waals surface area contributed by atoms with Crippen LogP contribution in [0.25, 0.3) is 5.76 Å². The summed E-state index contributed by atoms with van der Waals surface area (Å²) in [6.45, 7) is 6.70. The first-order valence-corrected chi connectivity index (χ1v) is 11.6. The van der Waals surface area contributed by atoms with Gasteiger partial charge >= 0.3 is 0 Å². The van der Waals surface area contributed by atoms with Gasteiger partial charge in [-0.2, -0.15) is 0 Å². The molecule has 0 spiro atoms. The van der Waals surface area contributed by atoms with E-state index >= 15 is 0 Å². The molecule has 1 unspecified atom stereocenters. The zero-order chi connectivity index (χ0) is 24.8. The molecule has 3 rings (SSSR count). The summed E-state index contributed by atoms with van der Waals surface area (Å²) in [7, 11) is 1.58. The second-order valence-corrected chi connectivity index (χ2v) is 8.53. The van der Waals surface area contributed by atoms with E-state index in [9.17, 15) is 14.7 Å². The van der Waals surface area contributed by atoms with Crippen molar-refractivity contribution in [2.24, 2.45) is 0 Å². The number of Topliss-reactive ketones (excluding diaryl/α,β-unsaturated/α-hetero) is 1. The van der Waals surface area contributed by atoms with Gasteiger partial charge in [0.05, 0.1) is 29.3 Å². The van der Waals surface area contributed by atoms with E-state index in [0.29, 0.717) is 47.3 Å². The van der Waals surface area contributed by atoms with Gasteiger partial charge in [0.2, 0.25) is 0 Å². The fraction of sp³-hybridized carbons (Fsp3) is 0.385. The molecule has 1 N–H and O–H groups in total. The van der Waals surface area contributed by atoms with Crippen LogP contribution in [-0.2, 0) is 14.3 Å². The number of aliphatic hydroxyl groups excluding tert-OH is 1. The molecule has 1 heterocycles. The zero-order valence-corrected chi connectivity index (χ0v) is 20.6. The van der Waals surface area contributed by atoms with Crippen LogP contribution in [0.2, 0.25) is 5.02 Å². The quantitative estimate of drug-likeness (QED) is 0.220. The van der Waals surface area contributed by atoms with Gasteiger partial charge in [0.25, 0.3) is 11.7 Å². The lowest BCUT2D eigenvalue weighted by Crippen LogP contribution is -2.31. The molecule has 0 aliphatic carbocycles. The van der Waals surface area contributed by atoms with Gasteiger partial charge in [0.15, 0.2) is 0 Å². The fourth-order valence-electron chi connectivity index (χ4n) is 3.95. The number of methoxy groups -OCH3 is 1. The van der Waals surface area contributed by atoms with E-state index in [-0.39, 0.29) is 24.0 Å². The van der Waals surface area contributed by atoms with Crippen molar-refractivity contribution >= 4 is 29.1 Å². The molecule has 2 aromatic rings. The Kier molecular flexibility index (Phi) is 8.58. The second-order valence-electron chi connectivity index (χ2n) is 8.12. The summed E-state index contributed by atoms with van der Waals surface area (Å²) in [6, 6.07) is 11.1. The topological polar surface area (TPSA) is 85.3 Å². The maximum absolute atomic E-state index is 13.2. The molecule has 0 saturated carbocycles. The third kappa shape index (κ3) is 5.37. The Morgan fingerprint density at radius 2 is 1.88 bits per heavy atom. The van der Waals surface area contributed by atoms with E-state index < -0.39 is 17.7 Å². The van der Waals surface area contributed by atoms with Crippen LogP contribution in [0, 0.1) is 0 Å². The number of hydrogen-bond acceptors (Lipinski definition) is 6. The molecule has 0 bridgehead atoms. The maximum Gasteiger partial charge on any atom is 0.295 e. The summed E-state index contributed by atoms with van der Waals surface area (Å²) in [5.41, 5.74) is 0.940. The first-order valence-electron chi connectivity index (χ1n) is 11.3. The number of ketones is 1. The van der Waals surface area contributed by atoms with Gasteiger partial charge in [-0.1, -0.05) is 29.8 Å². The van der Waals surface area contributed by atoms with Crippen LogP contribution in [0.15, 0.2) is 48.0 Å². The third-order valence-electron chi connectivity index (χ3n) is 5.37. The minimum absolute atomic E-state index is 0.00741. The van der Waals surface area contributed by atoms with E-state index in [1.165, 1.54) is 4.90 Å². The van der Waals surface area contributed by atoms with Gasteiger partial charge in [-0.25, -0.2) is 0 Å². The van der Waals surface area contributed by atoms with Crippen molar-refractivity contribution in [1.29, 1.82) is 0 Å². The Morgan fingerprint density at radius 1 is 1.15 bits per heavy atom. The van der Waals surface area contributed by atoms with Gasteiger partial charge in [-0.15, -0.1) is 0 Å². The average molecular weight is 488 g/mol. The van der Waals surface area contributed by atoms with Crippen LogP contribution in [0.5, 0.6) is 11.5 Å². The largest absolute Gasteiger partial charge is 0.507 e. The summed E-state index contributed by atoms with van der Waals surface area (Å²) in [5, 5.41) is 11.7. The predicted octanol–water partition coefficient (Wildman–Crippen LogP) is 4.98. The van der Waals surface area contributed by atoms with E-state index in [0.717, 1.165) is 0 Å². The minimum atomic E-state index is -0.821. The first-order chi connectivity index (χ1) is 16.3. The Labute approximate surface area is 204 Å². The van der Waals surface area contributed by atoms with Crippen molar-refractivity contribution in [3.05, 3.63) is 64.2 Å². The smallest absolute Gasteiger partial charge is 0.295 e. The Bertz CT molecular complexity index is 1080. The molecule has 34 heavy (non-hydrogen) atoms. The van der Waals surface area contributed by atoms with Gasteiger partial charge in [0, 0.05) is 31.4 Å². The van der Waals surface area contributed by atoms with Crippen molar-refractivity contribution in [3.63, 3.8) is 0 Å². The summed E-state index contributed by atoms with van der Waals surface area (Å²) in [4.78, 5) is 27.8. The highest BCUT2D eigenvalue weighted by molar-refractivity contribution is 6.46. The number of carbonyl (C=O) groups excluding carboxylic acids is 2. The number of amides is 1. The second kappa shape index (κ2) is 11.4. The molecule has 1 aliphatic rings. The standard InChI is InChI=1S/C26H30ClNO6/c1-5-33-21-15-17(11-12-19(21)27)24(29)22-23(18-9-6-7-10-20(18)34-16(2)3)28(13-8-14-32-4)26(31)25(22)30/h6-7,9-12,15-16,23,29H,5,8,13-14H2,1-4H3/b24-22-. The Morgan fingerprint density at radius 3 is 2.56 bits per heavy atom. The van der Waals surface area contributed by atoms with Gasteiger partial charge in [0.1, 0.15) is 17.3 Å². The predicted molar refractivity (Wildman–Crippen MR) is 130 cm³/mol. The van der Waals surface area contributed by atoms with E-state index in [2.05, 4.69) is 0 Å². The van der Waals surface area contributed by atoms with Crippen LogP contribution in [0.3, 0.4) is 0 Å². The van der Waals surface area contributed by atoms with Gasteiger partial charge < -0.3 is 24.2 Å². The zero-order valence-electron chi connectivity index (χ0n) is 19.8. The summed E-state index contributed by atoms with van der Waals surface area (Å²) in [5.74, 6) is -0.816. The average Bonchev–Trinajstić information content (AvgIpc) is 3.05. The number of hydrogen-bond donors (Lipinski definition) is 1. The maximum atomic E-state index is 13.2. The fourth-order valence-corrected chi connectivity index (χ4v) is 4.13. The SMILES string of the molecule is CCOc1cc(/C(O)=C2/C(=O)C(=O)N(CCCOC)C2c2ccccc2OC(C)C)ccc1Cl. The van der Waals surface area contributed by atoms with Crippen LogP contribution >= 0.6 is 11.6 Å². The number of nitrogens with zero attached hydrogens (tertiary/aromatic N) is 1. The molecule has 1 saturated heterocycles. The van der Waals surface area contributed by atoms with Gasteiger partial charge in [-0.05, 0) is 51.5 Å². The molecule has 1 amide bonds. The lowest BCUT2D eigenvalue weighted by molar-refractivity contribution is -0.140. The molecule has 1 fully saturated rings. The van der Waals surface area contributed by atoms with E-state index in [1.807, 2.05) is 32.9 Å². The molecule has 1 atom stereocenters. The van der Waals surface area contributed by atoms with Crippen molar-refractivity contribution < 1.29 is 28.9 Å². The van der Waals surface area contributed by atoms with Gasteiger partial charge in [-0.3, -0.25) is 9.59 Å². The molecular formula is C26H30ClNO6. The third-order valence-corrected chi connectivity index (χ3v) is 5.68. The van der Waals surface area contributed by atoms with Crippen molar-refractivity contribution in [2.75, 3.05) is 26.9 Å². The highest BCUT2D eigenvalue weighted by Crippen LogP contribution is 2.43. The number of aliphatic hydroxyl groups is 1. The Balaban J connectivity index is 2.19. The summed E-state index contributed by atoms with van der Waals surface area (Å²) in [6.07, 6.45) is 0.407. The minimum Gasteiger partial charge on any atom is -0.507 e. The van der Waals surface area contributed by atoms with Crippen molar-refractivity contribution in [3.8, 4) is 11.5 Å². The van der Waals surface area contributed by atoms with Crippen molar-refractivity contribution in [1.82, 2.24) is 4.90 Å². The van der Waals surface area contributed by atoms with Crippen LogP contribution in [-0.4, -0.2) is 54.7 Å². The van der Waals surface area contributed by atoms with Crippen LogP contribution in [0.4, 0.5) is 0 Å². The number of benzene rings is 2. The first kappa shape index (κ1) is 25.6. The summed E-state index contributed by atoms with van der Waals surface area (Å²) >= 11 is 6.20. The van der Waals surface area contributed by atoms with Crippen molar-refractivity contribution in [2.45, 2.75) is 39.3 Å². The van der Waals surface area contributed by atoms with Crippen LogP contribution < -0.4 is 9.47 Å².